The molecule has 0 saturated heterocycles. The largest absolute Gasteiger partial charge is 0.356 e. The molecule has 0 fully saturated rings. The maximum absolute atomic E-state index is 11.4. The summed E-state index contributed by atoms with van der Waals surface area (Å²) in [6.07, 6.45) is 3.01. The van der Waals surface area contributed by atoms with Gasteiger partial charge in [-0.3, -0.25) is 4.79 Å². The predicted octanol–water partition coefficient (Wildman–Crippen LogP) is 2.17. The van der Waals surface area contributed by atoms with Gasteiger partial charge < -0.3 is 10.6 Å². The van der Waals surface area contributed by atoms with Crippen molar-refractivity contribution in [1.82, 2.24) is 10.6 Å². The molecule has 0 bridgehead atoms. The van der Waals surface area contributed by atoms with Crippen molar-refractivity contribution in [2.45, 2.75) is 47.0 Å². The van der Waals surface area contributed by atoms with Crippen molar-refractivity contribution < 1.29 is 4.79 Å². The average molecular weight is 228 g/mol. The number of carbonyl (C=O) groups is 1. The lowest BCUT2D eigenvalue weighted by Gasteiger charge is -2.13. The first-order valence-corrected chi connectivity index (χ1v) is 6.57. The second-order valence-electron chi connectivity index (χ2n) is 4.83. The van der Waals surface area contributed by atoms with Crippen LogP contribution in [0.15, 0.2) is 0 Å². The van der Waals surface area contributed by atoms with Crippen molar-refractivity contribution in [3.05, 3.63) is 0 Å². The summed E-state index contributed by atoms with van der Waals surface area (Å²) in [7, 11) is 0. The lowest BCUT2D eigenvalue weighted by atomic mass is 10.0. The van der Waals surface area contributed by atoms with E-state index in [2.05, 4.69) is 38.3 Å². The Bertz CT molecular complexity index is 177. The average Bonchev–Trinajstić information content (AvgIpc) is 2.26. The van der Waals surface area contributed by atoms with Gasteiger partial charge in [0.25, 0.3) is 0 Å². The minimum atomic E-state index is 0.158. The van der Waals surface area contributed by atoms with E-state index >= 15 is 0 Å². The second kappa shape index (κ2) is 9.64. The van der Waals surface area contributed by atoms with Gasteiger partial charge in [-0.1, -0.05) is 40.5 Å². The Morgan fingerprint density at radius 2 is 1.75 bits per heavy atom. The molecule has 3 nitrogen and oxygen atoms in total. The molecule has 0 aliphatic rings. The van der Waals surface area contributed by atoms with E-state index < -0.39 is 0 Å². The van der Waals surface area contributed by atoms with Crippen LogP contribution < -0.4 is 10.6 Å². The van der Waals surface area contributed by atoms with Gasteiger partial charge in [0.2, 0.25) is 5.91 Å². The van der Waals surface area contributed by atoms with Gasteiger partial charge in [0.1, 0.15) is 0 Å². The first-order valence-electron chi connectivity index (χ1n) is 6.57. The highest BCUT2D eigenvalue weighted by atomic mass is 16.1. The summed E-state index contributed by atoms with van der Waals surface area (Å²) >= 11 is 0. The van der Waals surface area contributed by atoms with Crippen LogP contribution in [0.5, 0.6) is 0 Å². The van der Waals surface area contributed by atoms with Crippen molar-refractivity contribution in [3.63, 3.8) is 0 Å². The third-order valence-electron chi connectivity index (χ3n) is 2.82. The molecule has 0 saturated carbocycles. The molecule has 2 N–H and O–H groups in total. The van der Waals surface area contributed by atoms with Gasteiger partial charge in [-0.15, -0.1) is 0 Å². The smallest absolute Gasteiger partial charge is 0.221 e. The molecule has 0 heterocycles. The Hall–Kier alpha value is -0.570. The quantitative estimate of drug-likeness (QED) is 0.594. The summed E-state index contributed by atoms with van der Waals surface area (Å²) in [5.74, 6) is 1.44. The molecule has 1 amide bonds. The van der Waals surface area contributed by atoms with Crippen LogP contribution in [0.2, 0.25) is 0 Å². The van der Waals surface area contributed by atoms with Gasteiger partial charge in [-0.2, -0.15) is 0 Å². The molecule has 0 unspecified atom stereocenters. The number of rotatable bonds is 9. The summed E-state index contributed by atoms with van der Waals surface area (Å²) in [5.41, 5.74) is 0. The fraction of sp³-hybridized carbons (Fsp3) is 0.923. The number of nitrogens with one attached hydrogen (secondary N) is 2. The third kappa shape index (κ3) is 8.72. The zero-order valence-electron chi connectivity index (χ0n) is 11.3. The summed E-state index contributed by atoms with van der Waals surface area (Å²) in [6.45, 7) is 11.2. The summed E-state index contributed by atoms with van der Waals surface area (Å²) in [4.78, 5) is 11.4. The highest BCUT2D eigenvalue weighted by Crippen LogP contribution is 2.04. The zero-order valence-corrected chi connectivity index (χ0v) is 11.3. The molecule has 0 aromatic heterocycles. The lowest BCUT2D eigenvalue weighted by Crippen LogP contribution is -2.31. The molecule has 0 radical (unpaired) electrons. The molecule has 0 rings (SSSR count). The van der Waals surface area contributed by atoms with Crippen molar-refractivity contribution in [2.24, 2.45) is 11.8 Å². The minimum Gasteiger partial charge on any atom is -0.356 e. The van der Waals surface area contributed by atoms with Crippen LogP contribution in [0, 0.1) is 11.8 Å². The maximum atomic E-state index is 11.4. The fourth-order valence-corrected chi connectivity index (χ4v) is 1.49. The van der Waals surface area contributed by atoms with E-state index in [-0.39, 0.29) is 5.91 Å². The molecule has 0 spiro atoms. The monoisotopic (exact) mass is 228 g/mol. The Morgan fingerprint density at radius 3 is 2.25 bits per heavy atom. The van der Waals surface area contributed by atoms with Gasteiger partial charge in [-0.25, -0.2) is 0 Å². The van der Waals surface area contributed by atoms with E-state index in [1.54, 1.807) is 0 Å². The molecular weight excluding hydrogens is 200 g/mol. The van der Waals surface area contributed by atoms with E-state index in [1.165, 1.54) is 12.8 Å². The van der Waals surface area contributed by atoms with E-state index in [1.807, 2.05) is 0 Å². The van der Waals surface area contributed by atoms with Crippen LogP contribution in [0.3, 0.4) is 0 Å². The summed E-state index contributed by atoms with van der Waals surface area (Å²) < 4.78 is 0. The SMILES string of the molecule is CCC(CC)CNCCC(=O)NCC(C)C. The molecule has 0 atom stereocenters. The zero-order chi connectivity index (χ0) is 12.4. The van der Waals surface area contributed by atoms with Crippen LogP contribution in [-0.2, 0) is 4.79 Å². The van der Waals surface area contributed by atoms with E-state index in [0.717, 1.165) is 25.6 Å². The molecule has 96 valence electrons. The van der Waals surface area contributed by atoms with Gasteiger partial charge in [0.15, 0.2) is 0 Å². The van der Waals surface area contributed by atoms with Crippen molar-refractivity contribution in [1.29, 1.82) is 0 Å². The molecule has 0 aliphatic heterocycles. The molecule has 0 aromatic rings. The maximum Gasteiger partial charge on any atom is 0.221 e. The Balaban J connectivity index is 3.40. The Kier molecular flexibility index (Phi) is 9.30. The molecule has 0 aromatic carbocycles. The lowest BCUT2D eigenvalue weighted by molar-refractivity contribution is -0.121. The first-order chi connectivity index (χ1) is 7.60. The predicted molar refractivity (Wildman–Crippen MR) is 69.4 cm³/mol. The van der Waals surface area contributed by atoms with E-state index in [0.29, 0.717) is 12.3 Å². The van der Waals surface area contributed by atoms with Crippen molar-refractivity contribution in [3.8, 4) is 0 Å². The first kappa shape index (κ1) is 15.4. The van der Waals surface area contributed by atoms with Crippen LogP contribution in [0.25, 0.3) is 0 Å². The standard InChI is InChI=1S/C13H28N2O/c1-5-12(6-2)10-14-8-7-13(16)15-9-11(3)4/h11-12,14H,5-10H2,1-4H3,(H,15,16). The van der Waals surface area contributed by atoms with E-state index in [9.17, 15) is 4.79 Å². The third-order valence-corrected chi connectivity index (χ3v) is 2.82. The van der Waals surface area contributed by atoms with Crippen LogP contribution in [-0.4, -0.2) is 25.5 Å². The number of hydrogen-bond donors (Lipinski definition) is 2. The summed E-state index contributed by atoms with van der Waals surface area (Å²) in [6, 6.07) is 0. The number of hydrogen-bond acceptors (Lipinski definition) is 2. The van der Waals surface area contributed by atoms with E-state index in [4.69, 9.17) is 0 Å². The molecule has 16 heavy (non-hydrogen) atoms. The normalized spacial score (nSPS) is 11.1. The van der Waals surface area contributed by atoms with Gasteiger partial charge in [-0.05, 0) is 18.4 Å². The van der Waals surface area contributed by atoms with Crippen molar-refractivity contribution >= 4 is 5.91 Å². The van der Waals surface area contributed by atoms with Crippen molar-refractivity contribution in [2.75, 3.05) is 19.6 Å². The van der Waals surface area contributed by atoms with Gasteiger partial charge >= 0.3 is 0 Å². The summed E-state index contributed by atoms with van der Waals surface area (Å²) in [5, 5.41) is 6.26. The molecule has 3 heteroatoms. The number of amides is 1. The van der Waals surface area contributed by atoms with Crippen LogP contribution >= 0.6 is 0 Å². The van der Waals surface area contributed by atoms with Gasteiger partial charge in [0, 0.05) is 19.5 Å². The van der Waals surface area contributed by atoms with Crippen LogP contribution in [0.1, 0.15) is 47.0 Å². The Morgan fingerprint density at radius 1 is 1.12 bits per heavy atom. The van der Waals surface area contributed by atoms with Crippen LogP contribution in [0.4, 0.5) is 0 Å². The molecular formula is C13H28N2O. The van der Waals surface area contributed by atoms with Gasteiger partial charge in [0.05, 0.1) is 0 Å². The topological polar surface area (TPSA) is 41.1 Å². The highest BCUT2D eigenvalue weighted by molar-refractivity contribution is 5.76. The fourth-order valence-electron chi connectivity index (χ4n) is 1.49. The highest BCUT2D eigenvalue weighted by Gasteiger charge is 2.04. The molecule has 0 aliphatic carbocycles. The minimum absolute atomic E-state index is 0.158. The Labute approximate surface area is 100 Å². The number of carbonyl (C=O) groups excluding carboxylic acids is 1. The second-order valence-corrected chi connectivity index (χ2v) is 4.83.